The van der Waals surface area contributed by atoms with Gasteiger partial charge in [-0.15, -0.1) is 0 Å². The zero-order valence-corrected chi connectivity index (χ0v) is 12.5. The van der Waals surface area contributed by atoms with Gasteiger partial charge in [0.25, 0.3) is 0 Å². The third kappa shape index (κ3) is 6.14. The van der Waals surface area contributed by atoms with Gasteiger partial charge in [-0.2, -0.15) is 0 Å². The van der Waals surface area contributed by atoms with Gasteiger partial charge in [0.1, 0.15) is 5.60 Å². The lowest BCUT2D eigenvalue weighted by Crippen LogP contribution is -2.41. The van der Waals surface area contributed by atoms with Crippen molar-refractivity contribution in [1.82, 2.24) is 5.32 Å². The predicted octanol–water partition coefficient (Wildman–Crippen LogP) is 2.81. The lowest BCUT2D eigenvalue weighted by atomic mass is 10.00. The molecule has 1 amide bonds. The molecule has 1 saturated carbocycles. The average Bonchev–Trinajstić information content (AvgIpc) is 2.62. The number of carbonyl (C=O) groups is 2. The van der Waals surface area contributed by atoms with Crippen molar-refractivity contribution in [2.45, 2.75) is 58.1 Å². The van der Waals surface area contributed by atoms with Crippen molar-refractivity contribution in [1.29, 1.82) is 0 Å². The molecule has 1 N–H and O–H groups in total. The molecule has 1 aliphatic rings. The molecule has 0 spiro atoms. The number of alkyl carbamates (subject to hydrolysis) is 1. The summed E-state index contributed by atoms with van der Waals surface area (Å²) < 4.78 is 9.93. The van der Waals surface area contributed by atoms with E-state index in [9.17, 15) is 9.59 Å². The van der Waals surface area contributed by atoms with Crippen LogP contribution in [-0.2, 0) is 14.3 Å². The van der Waals surface area contributed by atoms with E-state index >= 15 is 0 Å². The van der Waals surface area contributed by atoms with Gasteiger partial charge in [-0.05, 0) is 39.5 Å². The summed E-state index contributed by atoms with van der Waals surface area (Å²) in [6.45, 7) is 5.45. The fourth-order valence-electron chi connectivity index (χ4n) is 2.26. The van der Waals surface area contributed by atoms with Crippen molar-refractivity contribution in [2.24, 2.45) is 5.92 Å². The number of hydrogen-bond acceptors (Lipinski definition) is 4. The Bertz CT molecular complexity index is 327. The van der Waals surface area contributed by atoms with Crippen LogP contribution in [0.25, 0.3) is 0 Å². The second-order valence-electron chi connectivity index (χ2n) is 5.77. The number of halogens is 1. The molecule has 0 aromatic rings. The Morgan fingerprint density at radius 2 is 2.00 bits per heavy atom. The lowest BCUT2D eigenvalue weighted by molar-refractivity contribution is -0.142. The van der Waals surface area contributed by atoms with Gasteiger partial charge < -0.3 is 14.8 Å². The Labute approximate surface area is 119 Å². The first-order chi connectivity index (χ1) is 8.81. The quantitative estimate of drug-likeness (QED) is 0.639. The molecule has 0 bridgehead atoms. The monoisotopic (exact) mass is 291 g/mol. The van der Waals surface area contributed by atoms with E-state index in [-0.39, 0.29) is 30.4 Å². The Kier molecular flexibility index (Phi) is 5.91. The summed E-state index contributed by atoms with van der Waals surface area (Å²) >= 11 is 5.34. The van der Waals surface area contributed by atoms with E-state index in [4.69, 9.17) is 21.1 Å². The molecule has 0 radical (unpaired) electrons. The number of nitrogens with one attached hydrogen (secondary N) is 1. The fraction of sp³-hybridized carbons (Fsp3) is 0.846. The molecule has 6 heteroatoms. The van der Waals surface area contributed by atoms with E-state index in [2.05, 4.69) is 5.32 Å². The molecule has 1 rings (SSSR count). The molecule has 19 heavy (non-hydrogen) atoms. The van der Waals surface area contributed by atoms with Crippen molar-refractivity contribution in [3.05, 3.63) is 0 Å². The number of esters is 1. The minimum atomic E-state index is -0.518. The topological polar surface area (TPSA) is 64.6 Å². The number of alkyl halides is 1. The van der Waals surface area contributed by atoms with Crippen molar-refractivity contribution in [3.63, 3.8) is 0 Å². The molecule has 5 nitrogen and oxygen atoms in total. The fourth-order valence-corrected chi connectivity index (χ4v) is 2.39. The number of ether oxygens (including phenoxy) is 2. The van der Waals surface area contributed by atoms with Gasteiger partial charge in [0.2, 0.25) is 0 Å². The van der Waals surface area contributed by atoms with Gasteiger partial charge in [-0.25, -0.2) is 4.79 Å². The number of carbonyl (C=O) groups excluding carboxylic acids is 2. The Morgan fingerprint density at radius 1 is 1.32 bits per heavy atom. The van der Waals surface area contributed by atoms with Crippen LogP contribution < -0.4 is 5.32 Å². The second kappa shape index (κ2) is 6.98. The SMILES string of the molecule is CC(C)(C)OC(=O)N[C@@H]1CCC[C@H]1CC(=O)OCCl. The van der Waals surface area contributed by atoms with Gasteiger partial charge in [0, 0.05) is 6.04 Å². The summed E-state index contributed by atoms with van der Waals surface area (Å²) in [5, 5.41) is 2.83. The van der Waals surface area contributed by atoms with Gasteiger partial charge in [-0.1, -0.05) is 18.0 Å². The highest BCUT2D eigenvalue weighted by atomic mass is 35.5. The number of hydrogen-bond donors (Lipinski definition) is 1. The smallest absolute Gasteiger partial charge is 0.407 e. The molecule has 0 aromatic heterocycles. The highest BCUT2D eigenvalue weighted by Crippen LogP contribution is 2.29. The lowest BCUT2D eigenvalue weighted by Gasteiger charge is -2.24. The molecule has 0 unspecified atom stereocenters. The van der Waals surface area contributed by atoms with Crippen molar-refractivity contribution >= 4 is 23.7 Å². The predicted molar refractivity (Wildman–Crippen MR) is 71.9 cm³/mol. The first-order valence-electron chi connectivity index (χ1n) is 6.53. The van der Waals surface area contributed by atoms with E-state index < -0.39 is 11.7 Å². The van der Waals surface area contributed by atoms with Gasteiger partial charge >= 0.3 is 12.1 Å². The maximum atomic E-state index is 11.7. The zero-order chi connectivity index (χ0) is 14.5. The Morgan fingerprint density at radius 3 is 2.58 bits per heavy atom. The largest absolute Gasteiger partial charge is 0.449 e. The summed E-state index contributed by atoms with van der Waals surface area (Å²) in [5.41, 5.74) is -0.518. The van der Waals surface area contributed by atoms with Crippen LogP contribution in [0, 0.1) is 5.92 Å². The molecule has 0 aromatic carbocycles. The van der Waals surface area contributed by atoms with Crippen LogP contribution in [-0.4, -0.2) is 29.8 Å². The van der Waals surface area contributed by atoms with Crippen LogP contribution in [0.5, 0.6) is 0 Å². The van der Waals surface area contributed by atoms with Gasteiger partial charge in [0.15, 0.2) is 6.07 Å². The normalized spacial score (nSPS) is 22.9. The molecule has 1 fully saturated rings. The van der Waals surface area contributed by atoms with Crippen LogP contribution in [0.4, 0.5) is 4.79 Å². The summed E-state index contributed by atoms with van der Waals surface area (Å²) in [5.74, 6) is -0.221. The molecule has 0 heterocycles. The Balaban J connectivity index is 2.43. The van der Waals surface area contributed by atoms with Crippen molar-refractivity contribution in [3.8, 4) is 0 Å². The maximum Gasteiger partial charge on any atom is 0.407 e. The first-order valence-corrected chi connectivity index (χ1v) is 7.06. The first kappa shape index (κ1) is 16.1. The van der Waals surface area contributed by atoms with E-state index in [0.29, 0.717) is 0 Å². The van der Waals surface area contributed by atoms with E-state index in [1.165, 1.54) is 0 Å². The summed E-state index contributed by atoms with van der Waals surface area (Å²) in [4.78, 5) is 23.1. The third-order valence-corrected chi connectivity index (χ3v) is 3.11. The zero-order valence-electron chi connectivity index (χ0n) is 11.7. The summed E-state index contributed by atoms with van der Waals surface area (Å²) in [6.07, 6.45) is 2.60. The van der Waals surface area contributed by atoms with E-state index in [1.807, 2.05) is 20.8 Å². The molecule has 2 atom stereocenters. The number of amides is 1. The number of rotatable bonds is 4. The highest BCUT2D eigenvalue weighted by Gasteiger charge is 2.31. The minimum Gasteiger partial charge on any atom is -0.449 e. The minimum absolute atomic E-state index is 0.0299. The van der Waals surface area contributed by atoms with Gasteiger partial charge in [-0.3, -0.25) is 4.79 Å². The van der Waals surface area contributed by atoms with Gasteiger partial charge in [0.05, 0.1) is 6.42 Å². The standard InChI is InChI=1S/C13H22ClNO4/c1-13(2,3)19-12(17)15-10-6-4-5-9(10)7-11(16)18-8-14/h9-10H,4-8H2,1-3H3,(H,15,17)/t9-,10+/m0/s1. The van der Waals surface area contributed by atoms with Crippen LogP contribution in [0.2, 0.25) is 0 Å². The van der Waals surface area contributed by atoms with Crippen molar-refractivity contribution < 1.29 is 19.1 Å². The van der Waals surface area contributed by atoms with Crippen LogP contribution in [0.15, 0.2) is 0 Å². The molecule has 0 saturated heterocycles. The Hall–Kier alpha value is -0.970. The van der Waals surface area contributed by atoms with E-state index in [1.54, 1.807) is 0 Å². The van der Waals surface area contributed by atoms with E-state index in [0.717, 1.165) is 19.3 Å². The van der Waals surface area contributed by atoms with Crippen molar-refractivity contribution in [2.75, 3.05) is 6.07 Å². The molecule has 1 aliphatic carbocycles. The average molecular weight is 292 g/mol. The summed E-state index contributed by atoms with van der Waals surface area (Å²) in [6, 6.07) is -0.159. The molecular weight excluding hydrogens is 270 g/mol. The molecular formula is C13H22ClNO4. The molecule has 110 valence electrons. The maximum absolute atomic E-state index is 11.7. The third-order valence-electron chi connectivity index (χ3n) is 3.01. The van der Waals surface area contributed by atoms with Crippen LogP contribution in [0.1, 0.15) is 46.5 Å². The highest BCUT2D eigenvalue weighted by molar-refractivity contribution is 6.17. The van der Waals surface area contributed by atoms with Crippen LogP contribution >= 0.6 is 11.6 Å². The second-order valence-corrected chi connectivity index (χ2v) is 5.99. The van der Waals surface area contributed by atoms with Crippen LogP contribution in [0.3, 0.4) is 0 Å². The molecule has 0 aliphatic heterocycles. The summed E-state index contributed by atoms with van der Waals surface area (Å²) in [7, 11) is 0.